The average molecular weight is 192 g/mol. The Kier molecular flexibility index (Phi) is 2.43. The van der Waals surface area contributed by atoms with Crippen molar-refractivity contribution in [2.75, 3.05) is 6.54 Å². The Morgan fingerprint density at radius 2 is 2.43 bits per heavy atom. The van der Waals surface area contributed by atoms with E-state index in [1.165, 1.54) is 0 Å². The molecule has 2 heterocycles. The first-order valence-corrected chi connectivity index (χ1v) is 4.49. The largest absolute Gasteiger partial charge is 0.385 e. The summed E-state index contributed by atoms with van der Waals surface area (Å²) in [6.07, 6.45) is 3.24. The average Bonchev–Trinajstić information content (AvgIpc) is 2.61. The quantitative estimate of drug-likeness (QED) is 0.654. The van der Waals surface area contributed by atoms with Gasteiger partial charge in [0.1, 0.15) is 11.9 Å². The third-order valence-electron chi connectivity index (χ3n) is 2.06. The van der Waals surface area contributed by atoms with Gasteiger partial charge in [0.15, 0.2) is 0 Å². The number of nitrogens with two attached hydrogens (primary N) is 1. The number of nitrogens with zero attached hydrogens (tertiary/aromatic N) is 2. The topological polar surface area (TPSA) is 87.8 Å². The van der Waals surface area contributed by atoms with Gasteiger partial charge in [-0.15, -0.1) is 0 Å². The molecule has 1 unspecified atom stereocenters. The highest BCUT2D eigenvalue weighted by Crippen LogP contribution is 2.16. The minimum absolute atomic E-state index is 0.441. The van der Waals surface area contributed by atoms with Gasteiger partial charge < -0.3 is 15.8 Å². The van der Waals surface area contributed by atoms with E-state index in [-0.39, 0.29) is 0 Å². The molecule has 74 valence electrons. The van der Waals surface area contributed by atoms with Crippen LogP contribution in [0.15, 0.2) is 18.5 Å². The smallest absolute Gasteiger partial charge is 0.136 e. The second-order valence-corrected chi connectivity index (χ2v) is 3.11. The molecular weight excluding hydrogens is 180 g/mol. The molecule has 0 saturated carbocycles. The minimum Gasteiger partial charge on any atom is -0.385 e. The maximum absolute atomic E-state index is 9.63. The number of aliphatic hydroxyl groups is 1. The van der Waals surface area contributed by atoms with Crippen LogP contribution in [0.2, 0.25) is 0 Å². The molecule has 0 aliphatic carbocycles. The van der Waals surface area contributed by atoms with Crippen LogP contribution in [0.3, 0.4) is 0 Å². The van der Waals surface area contributed by atoms with Gasteiger partial charge in [0.05, 0.1) is 17.2 Å². The fraction of sp³-hybridized carbons (Fsp3) is 0.333. The molecule has 14 heavy (non-hydrogen) atoms. The first-order valence-electron chi connectivity index (χ1n) is 4.49. The van der Waals surface area contributed by atoms with E-state index in [1.807, 2.05) is 0 Å². The van der Waals surface area contributed by atoms with Gasteiger partial charge in [-0.25, -0.2) is 4.98 Å². The van der Waals surface area contributed by atoms with E-state index in [0.29, 0.717) is 18.8 Å². The van der Waals surface area contributed by atoms with E-state index < -0.39 is 6.10 Å². The van der Waals surface area contributed by atoms with Gasteiger partial charge >= 0.3 is 0 Å². The molecule has 0 saturated heterocycles. The summed E-state index contributed by atoms with van der Waals surface area (Å²) < 4.78 is 0. The lowest BCUT2D eigenvalue weighted by Gasteiger charge is -2.03. The molecule has 0 amide bonds. The Balaban J connectivity index is 2.35. The van der Waals surface area contributed by atoms with Gasteiger partial charge in [-0.1, -0.05) is 0 Å². The summed E-state index contributed by atoms with van der Waals surface area (Å²) in [7, 11) is 0. The first-order chi connectivity index (χ1) is 6.81. The van der Waals surface area contributed by atoms with E-state index in [0.717, 1.165) is 11.0 Å². The Morgan fingerprint density at radius 1 is 1.57 bits per heavy atom. The van der Waals surface area contributed by atoms with Crippen molar-refractivity contribution >= 4 is 11.0 Å². The van der Waals surface area contributed by atoms with Crippen molar-refractivity contribution in [1.29, 1.82) is 0 Å². The Labute approximate surface area is 81.0 Å². The molecule has 0 fully saturated rings. The van der Waals surface area contributed by atoms with Crippen molar-refractivity contribution in [1.82, 2.24) is 15.0 Å². The van der Waals surface area contributed by atoms with Crippen molar-refractivity contribution < 1.29 is 5.11 Å². The molecule has 0 aliphatic rings. The molecule has 4 N–H and O–H groups in total. The summed E-state index contributed by atoms with van der Waals surface area (Å²) in [5.74, 6) is 0.554. The number of fused-ring (bicyclic) bond motifs is 1. The number of aromatic amines is 1. The van der Waals surface area contributed by atoms with Crippen LogP contribution in [-0.2, 0) is 0 Å². The van der Waals surface area contributed by atoms with Crippen LogP contribution in [0.25, 0.3) is 11.0 Å². The van der Waals surface area contributed by atoms with E-state index >= 15 is 0 Å². The standard InChI is InChI=1S/C9H12N4O/c10-3-1-8(14)9-12-6-2-4-11-5-7(6)13-9/h2,4-5,8,14H,1,3,10H2,(H,12,13). The third kappa shape index (κ3) is 1.59. The number of aromatic nitrogens is 3. The van der Waals surface area contributed by atoms with Crippen molar-refractivity contribution in [3.63, 3.8) is 0 Å². The zero-order valence-electron chi connectivity index (χ0n) is 7.64. The zero-order valence-corrected chi connectivity index (χ0v) is 7.64. The number of nitrogens with one attached hydrogen (secondary N) is 1. The summed E-state index contributed by atoms with van der Waals surface area (Å²) in [4.78, 5) is 11.2. The van der Waals surface area contributed by atoms with Crippen molar-refractivity contribution in [3.05, 3.63) is 24.3 Å². The Morgan fingerprint density at radius 3 is 3.14 bits per heavy atom. The summed E-state index contributed by atoms with van der Waals surface area (Å²) in [6, 6.07) is 1.80. The molecular formula is C9H12N4O. The van der Waals surface area contributed by atoms with E-state index in [9.17, 15) is 5.11 Å². The highest BCUT2D eigenvalue weighted by molar-refractivity contribution is 5.73. The second kappa shape index (κ2) is 3.73. The highest BCUT2D eigenvalue weighted by Gasteiger charge is 2.10. The number of aliphatic hydroxyl groups excluding tert-OH is 1. The number of rotatable bonds is 3. The van der Waals surface area contributed by atoms with Crippen LogP contribution in [0.1, 0.15) is 18.3 Å². The molecule has 0 radical (unpaired) electrons. The summed E-state index contributed by atoms with van der Waals surface area (Å²) >= 11 is 0. The lowest BCUT2D eigenvalue weighted by atomic mass is 10.2. The Hall–Kier alpha value is -1.46. The number of hydrogen-bond donors (Lipinski definition) is 3. The second-order valence-electron chi connectivity index (χ2n) is 3.11. The Bertz CT molecular complexity index is 392. The van der Waals surface area contributed by atoms with Crippen LogP contribution in [0, 0.1) is 0 Å². The van der Waals surface area contributed by atoms with Gasteiger partial charge in [-0.3, -0.25) is 4.98 Å². The number of H-pyrrole nitrogens is 1. The molecule has 5 nitrogen and oxygen atoms in total. The summed E-state index contributed by atoms with van der Waals surface area (Å²) in [6.45, 7) is 0.441. The molecule has 2 aromatic heterocycles. The number of imidazole rings is 1. The monoisotopic (exact) mass is 192 g/mol. The van der Waals surface area contributed by atoms with Crippen LogP contribution in [-0.4, -0.2) is 26.6 Å². The predicted octanol–water partition coefficient (Wildman–Crippen LogP) is 0.340. The molecule has 0 spiro atoms. The predicted molar refractivity (Wildman–Crippen MR) is 52.5 cm³/mol. The van der Waals surface area contributed by atoms with E-state index in [1.54, 1.807) is 18.5 Å². The highest BCUT2D eigenvalue weighted by atomic mass is 16.3. The SMILES string of the molecule is NCCC(O)c1nc2ccncc2[nH]1. The molecule has 2 aromatic rings. The van der Waals surface area contributed by atoms with Gasteiger partial charge in [0, 0.05) is 6.20 Å². The van der Waals surface area contributed by atoms with Crippen LogP contribution in [0.5, 0.6) is 0 Å². The molecule has 0 bridgehead atoms. The van der Waals surface area contributed by atoms with Crippen LogP contribution >= 0.6 is 0 Å². The number of pyridine rings is 1. The fourth-order valence-corrected chi connectivity index (χ4v) is 1.33. The number of hydrogen-bond acceptors (Lipinski definition) is 4. The lowest BCUT2D eigenvalue weighted by Crippen LogP contribution is -2.07. The fourth-order valence-electron chi connectivity index (χ4n) is 1.33. The normalized spacial score (nSPS) is 13.3. The minimum atomic E-state index is -0.618. The van der Waals surface area contributed by atoms with Crippen LogP contribution < -0.4 is 5.73 Å². The molecule has 0 aromatic carbocycles. The van der Waals surface area contributed by atoms with E-state index in [4.69, 9.17) is 5.73 Å². The maximum atomic E-state index is 9.63. The van der Waals surface area contributed by atoms with Gasteiger partial charge in [0.25, 0.3) is 0 Å². The van der Waals surface area contributed by atoms with Crippen molar-refractivity contribution in [2.24, 2.45) is 5.73 Å². The van der Waals surface area contributed by atoms with Gasteiger partial charge in [-0.05, 0) is 19.0 Å². The summed E-state index contributed by atoms with van der Waals surface area (Å²) in [5.41, 5.74) is 6.99. The third-order valence-corrected chi connectivity index (χ3v) is 2.06. The first kappa shape index (κ1) is 9.11. The van der Waals surface area contributed by atoms with Gasteiger partial charge in [-0.2, -0.15) is 0 Å². The molecule has 2 rings (SSSR count). The van der Waals surface area contributed by atoms with Crippen LogP contribution in [0.4, 0.5) is 0 Å². The molecule has 0 aliphatic heterocycles. The van der Waals surface area contributed by atoms with Gasteiger partial charge in [0.2, 0.25) is 0 Å². The van der Waals surface area contributed by atoms with Crippen molar-refractivity contribution in [2.45, 2.75) is 12.5 Å². The maximum Gasteiger partial charge on any atom is 0.136 e. The van der Waals surface area contributed by atoms with E-state index in [2.05, 4.69) is 15.0 Å². The molecule has 5 heteroatoms. The lowest BCUT2D eigenvalue weighted by molar-refractivity contribution is 0.162. The molecule has 1 atom stereocenters. The van der Waals surface area contributed by atoms with Crippen molar-refractivity contribution in [3.8, 4) is 0 Å². The zero-order chi connectivity index (χ0) is 9.97. The summed E-state index contributed by atoms with van der Waals surface area (Å²) in [5, 5.41) is 9.63.